The van der Waals surface area contributed by atoms with E-state index in [0.717, 1.165) is 9.84 Å². The van der Waals surface area contributed by atoms with Crippen molar-refractivity contribution in [3.63, 3.8) is 0 Å². The van der Waals surface area contributed by atoms with Gasteiger partial charge in [0, 0.05) is 3.92 Å². The molecule has 0 aromatic carbocycles. The number of alkyl halides is 1. The van der Waals surface area contributed by atoms with Crippen LogP contribution in [0.3, 0.4) is 0 Å². The van der Waals surface area contributed by atoms with E-state index in [-0.39, 0.29) is 0 Å². The van der Waals surface area contributed by atoms with Crippen LogP contribution in [0.5, 0.6) is 0 Å². The fraction of sp³-hybridized carbons (Fsp3) is 1.00. The zero-order valence-corrected chi connectivity index (χ0v) is 11.6. The van der Waals surface area contributed by atoms with Crippen LogP contribution in [0.4, 0.5) is 0 Å². The van der Waals surface area contributed by atoms with Crippen molar-refractivity contribution < 1.29 is 0 Å². The van der Waals surface area contributed by atoms with Gasteiger partial charge in [-0.3, -0.25) is 0 Å². The van der Waals surface area contributed by atoms with Crippen LogP contribution in [-0.4, -0.2) is 3.92 Å². The van der Waals surface area contributed by atoms with Gasteiger partial charge in [0.05, 0.1) is 0 Å². The molecule has 0 amide bonds. The Morgan fingerprint density at radius 1 is 1.08 bits per heavy atom. The van der Waals surface area contributed by atoms with Gasteiger partial charge < -0.3 is 0 Å². The van der Waals surface area contributed by atoms with E-state index in [0.29, 0.717) is 0 Å². The molecule has 2 unspecified atom stereocenters. The Balaban J connectivity index is 3.24. The number of hydrogen-bond acceptors (Lipinski definition) is 0. The summed E-state index contributed by atoms with van der Waals surface area (Å²) < 4.78 is 0.921. The van der Waals surface area contributed by atoms with E-state index in [1.54, 1.807) is 0 Å². The molecule has 0 heterocycles. The number of halogens is 1. The molecule has 0 aliphatic carbocycles. The molecular formula is C12H25I. The van der Waals surface area contributed by atoms with Crippen molar-refractivity contribution in [2.75, 3.05) is 0 Å². The van der Waals surface area contributed by atoms with Gasteiger partial charge in [0.1, 0.15) is 0 Å². The van der Waals surface area contributed by atoms with Gasteiger partial charge >= 0.3 is 0 Å². The molecule has 0 rings (SSSR count). The zero-order valence-electron chi connectivity index (χ0n) is 9.48. The highest BCUT2D eigenvalue weighted by Gasteiger charge is 2.07. The molecule has 0 spiro atoms. The summed E-state index contributed by atoms with van der Waals surface area (Å²) in [6, 6.07) is 0. The van der Waals surface area contributed by atoms with Crippen LogP contribution in [0.2, 0.25) is 0 Å². The third kappa shape index (κ3) is 9.04. The Labute approximate surface area is 98.0 Å². The Kier molecular flexibility index (Phi) is 9.81. The SMILES string of the molecule is CCCCCCC(I)CC(C)CC. The van der Waals surface area contributed by atoms with E-state index in [2.05, 4.69) is 43.4 Å². The molecule has 80 valence electrons. The molecule has 13 heavy (non-hydrogen) atoms. The number of hydrogen-bond donors (Lipinski definition) is 0. The summed E-state index contributed by atoms with van der Waals surface area (Å²) in [4.78, 5) is 0. The smallest absolute Gasteiger partial charge is 0.0112 e. The van der Waals surface area contributed by atoms with Gasteiger partial charge in [-0.1, -0.05) is 75.5 Å². The summed E-state index contributed by atoms with van der Waals surface area (Å²) in [6.45, 7) is 6.95. The van der Waals surface area contributed by atoms with Gasteiger partial charge in [-0.15, -0.1) is 0 Å². The standard InChI is InChI=1S/C12H25I/c1-4-6-7-8-9-12(13)10-11(3)5-2/h11-12H,4-10H2,1-3H3. The molecule has 0 radical (unpaired) electrons. The lowest BCUT2D eigenvalue weighted by Crippen LogP contribution is -2.04. The van der Waals surface area contributed by atoms with Crippen molar-refractivity contribution >= 4 is 22.6 Å². The van der Waals surface area contributed by atoms with Crippen LogP contribution in [0, 0.1) is 5.92 Å². The predicted molar refractivity (Wildman–Crippen MR) is 70.6 cm³/mol. The third-order valence-corrected chi connectivity index (χ3v) is 3.86. The molecule has 0 aliphatic rings. The molecule has 0 nitrogen and oxygen atoms in total. The highest BCUT2D eigenvalue weighted by atomic mass is 127. The van der Waals surface area contributed by atoms with Crippen LogP contribution in [0.1, 0.15) is 65.7 Å². The summed E-state index contributed by atoms with van der Waals surface area (Å²) >= 11 is 2.63. The van der Waals surface area contributed by atoms with Gasteiger partial charge in [-0.2, -0.15) is 0 Å². The Morgan fingerprint density at radius 3 is 2.31 bits per heavy atom. The lowest BCUT2D eigenvalue weighted by atomic mass is 10.00. The monoisotopic (exact) mass is 296 g/mol. The van der Waals surface area contributed by atoms with Crippen molar-refractivity contribution in [2.45, 2.75) is 69.6 Å². The van der Waals surface area contributed by atoms with Gasteiger partial charge in [0.25, 0.3) is 0 Å². The van der Waals surface area contributed by atoms with Crippen LogP contribution < -0.4 is 0 Å². The minimum absolute atomic E-state index is 0.921. The van der Waals surface area contributed by atoms with Gasteiger partial charge in [0.15, 0.2) is 0 Å². The van der Waals surface area contributed by atoms with Crippen molar-refractivity contribution in [3.8, 4) is 0 Å². The molecule has 0 aliphatic heterocycles. The highest BCUT2D eigenvalue weighted by Crippen LogP contribution is 2.21. The van der Waals surface area contributed by atoms with Crippen molar-refractivity contribution in [2.24, 2.45) is 5.92 Å². The summed E-state index contributed by atoms with van der Waals surface area (Å²) in [5, 5.41) is 0. The second kappa shape index (κ2) is 9.29. The Morgan fingerprint density at radius 2 is 1.77 bits per heavy atom. The molecular weight excluding hydrogens is 271 g/mol. The molecule has 0 aromatic heterocycles. The van der Waals surface area contributed by atoms with Crippen LogP contribution in [-0.2, 0) is 0 Å². The topological polar surface area (TPSA) is 0 Å². The minimum Gasteiger partial charge on any atom is -0.0826 e. The van der Waals surface area contributed by atoms with E-state index in [1.165, 1.54) is 44.9 Å². The van der Waals surface area contributed by atoms with Gasteiger partial charge in [-0.25, -0.2) is 0 Å². The molecule has 1 heteroatoms. The minimum atomic E-state index is 0.921. The van der Waals surface area contributed by atoms with Crippen LogP contribution in [0.15, 0.2) is 0 Å². The second-order valence-electron chi connectivity index (χ2n) is 4.20. The number of rotatable bonds is 8. The molecule has 0 aromatic rings. The van der Waals surface area contributed by atoms with E-state index in [1.807, 2.05) is 0 Å². The zero-order chi connectivity index (χ0) is 10.1. The number of unbranched alkanes of at least 4 members (excludes halogenated alkanes) is 3. The maximum atomic E-state index is 2.63. The quantitative estimate of drug-likeness (QED) is 0.328. The molecule has 0 bridgehead atoms. The van der Waals surface area contributed by atoms with Crippen molar-refractivity contribution in [1.82, 2.24) is 0 Å². The fourth-order valence-corrected chi connectivity index (χ4v) is 2.82. The molecule has 0 fully saturated rings. The second-order valence-corrected chi connectivity index (χ2v) is 5.96. The normalized spacial score (nSPS) is 15.7. The third-order valence-electron chi connectivity index (χ3n) is 2.73. The van der Waals surface area contributed by atoms with E-state index >= 15 is 0 Å². The van der Waals surface area contributed by atoms with E-state index < -0.39 is 0 Å². The summed E-state index contributed by atoms with van der Waals surface area (Å²) in [7, 11) is 0. The summed E-state index contributed by atoms with van der Waals surface area (Å²) in [5.74, 6) is 0.924. The maximum Gasteiger partial charge on any atom is 0.0112 e. The fourth-order valence-electron chi connectivity index (χ4n) is 1.51. The van der Waals surface area contributed by atoms with Crippen LogP contribution in [0.25, 0.3) is 0 Å². The molecule has 0 N–H and O–H groups in total. The maximum absolute atomic E-state index is 2.63. The van der Waals surface area contributed by atoms with Crippen molar-refractivity contribution in [3.05, 3.63) is 0 Å². The lowest BCUT2D eigenvalue weighted by molar-refractivity contribution is 0.489. The summed E-state index contributed by atoms with van der Waals surface area (Å²) in [5.41, 5.74) is 0. The molecule has 0 saturated carbocycles. The first-order chi connectivity index (χ1) is 6.20. The van der Waals surface area contributed by atoms with Crippen LogP contribution >= 0.6 is 22.6 Å². The highest BCUT2D eigenvalue weighted by molar-refractivity contribution is 14.1. The van der Waals surface area contributed by atoms with E-state index in [4.69, 9.17) is 0 Å². The van der Waals surface area contributed by atoms with E-state index in [9.17, 15) is 0 Å². The average Bonchev–Trinajstić information content (AvgIpc) is 2.12. The average molecular weight is 296 g/mol. The first-order valence-electron chi connectivity index (χ1n) is 5.84. The predicted octanol–water partition coefficient (Wildman–Crippen LogP) is 5.20. The first kappa shape index (κ1) is 13.7. The first-order valence-corrected chi connectivity index (χ1v) is 7.09. The Bertz CT molecular complexity index is 101. The summed E-state index contributed by atoms with van der Waals surface area (Å²) in [6.07, 6.45) is 9.86. The Hall–Kier alpha value is 0.730. The molecule has 2 atom stereocenters. The largest absolute Gasteiger partial charge is 0.0826 e. The van der Waals surface area contributed by atoms with Gasteiger partial charge in [-0.05, 0) is 18.8 Å². The van der Waals surface area contributed by atoms with Crippen molar-refractivity contribution in [1.29, 1.82) is 0 Å². The van der Waals surface area contributed by atoms with Gasteiger partial charge in [0.2, 0.25) is 0 Å². The molecule has 0 saturated heterocycles. The lowest BCUT2D eigenvalue weighted by Gasteiger charge is -2.13.